The largest absolute Gasteiger partial charge is 0.299 e. The first kappa shape index (κ1) is 29.9. The van der Waals surface area contributed by atoms with Crippen LogP contribution in [0.3, 0.4) is 0 Å². The first-order valence-electron chi connectivity index (χ1n) is 14.1. The molecule has 0 radical (unpaired) electrons. The summed E-state index contributed by atoms with van der Waals surface area (Å²) < 4.78 is 60.9. The van der Waals surface area contributed by atoms with Gasteiger partial charge < -0.3 is 0 Å². The molecule has 4 aromatic rings. The van der Waals surface area contributed by atoms with Gasteiger partial charge in [-0.15, -0.1) is 0 Å². The van der Waals surface area contributed by atoms with Gasteiger partial charge in [0.2, 0.25) is 20.0 Å². The lowest BCUT2D eigenvalue weighted by molar-refractivity contribution is -0.132. The van der Waals surface area contributed by atoms with Gasteiger partial charge in [0.15, 0.2) is 0 Å². The van der Waals surface area contributed by atoms with Crippen molar-refractivity contribution < 1.29 is 21.6 Å². The topological polar surface area (TPSA) is 91.8 Å². The molecule has 2 fully saturated rings. The molecule has 2 aliphatic heterocycles. The smallest absolute Gasteiger partial charge is 0.243 e. The predicted molar refractivity (Wildman–Crippen MR) is 168 cm³/mol. The van der Waals surface area contributed by atoms with Crippen LogP contribution in [0.4, 0.5) is 0 Å². The SMILES string of the molecule is Cc1ccc(S(=O)(=O)N2CC3C(=O)CC(c4ccccc4)N(S(=O)(=O)c4ccc(Br)cc4)C3CC2c2ccccc2)cc1. The summed E-state index contributed by atoms with van der Waals surface area (Å²) in [7, 11) is -8.11. The number of piperidine rings is 2. The number of hydrogen-bond acceptors (Lipinski definition) is 5. The van der Waals surface area contributed by atoms with Crippen LogP contribution in [0.5, 0.6) is 0 Å². The molecule has 0 aromatic heterocycles. The number of hydrogen-bond donors (Lipinski definition) is 0. The molecule has 2 heterocycles. The molecule has 0 saturated carbocycles. The summed E-state index contributed by atoms with van der Waals surface area (Å²) in [5, 5.41) is 0. The number of ketones is 1. The molecule has 0 amide bonds. The van der Waals surface area contributed by atoms with Crippen molar-refractivity contribution in [3.05, 3.63) is 130 Å². The van der Waals surface area contributed by atoms with Crippen molar-refractivity contribution in [2.45, 2.75) is 47.7 Å². The van der Waals surface area contributed by atoms with Crippen LogP contribution in [-0.4, -0.2) is 43.8 Å². The van der Waals surface area contributed by atoms with Gasteiger partial charge in [-0.3, -0.25) is 4.79 Å². The van der Waals surface area contributed by atoms with Gasteiger partial charge in [0, 0.05) is 29.4 Å². The molecule has 0 spiro atoms. The van der Waals surface area contributed by atoms with Crippen LogP contribution in [0.2, 0.25) is 0 Å². The maximum atomic E-state index is 14.5. The van der Waals surface area contributed by atoms with Gasteiger partial charge in [-0.2, -0.15) is 8.61 Å². The number of carbonyl (C=O) groups is 1. The van der Waals surface area contributed by atoms with Crippen LogP contribution < -0.4 is 0 Å². The quantitative estimate of drug-likeness (QED) is 0.239. The summed E-state index contributed by atoms with van der Waals surface area (Å²) in [6, 6.07) is 29.4. The van der Waals surface area contributed by atoms with Gasteiger partial charge in [-0.1, -0.05) is 94.3 Å². The summed E-state index contributed by atoms with van der Waals surface area (Å²) >= 11 is 3.39. The molecule has 4 aromatic carbocycles. The van der Waals surface area contributed by atoms with Crippen molar-refractivity contribution in [3.8, 4) is 0 Å². The minimum absolute atomic E-state index is 0.0463. The van der Waals surface area contributed by atoms with E-state index in [0.717, 1.165) is 21.2 Å². The molecular formula is C33H31BrN2O5S2. The van der Waals surface area contributed by atoms with Crippen molar-refractivity contribution in [2.24, 2.45) is 5.92 Å². The van der Waals surface area contributed by atoms with Gasteiger partial charge in [-0.05, 0) is 60.9 Å². The van der Waals surface area contributed by atoms with E-state index < -0.39 is 44.1 Å². The second-order valence-corrected chi connectivity index (χ2v) is 15.8. The van der Waals surface area contributed by atoms with E-state index in [1.807, 2.05) is 67.6 Å². The number of rotatable bonds is 6. The normalized spacial score (nSPS) is 23.5. The van der Waals surface area contributed by atoms with Crippen molar-refractivity contribution in [1.29, 1.82) is 0 Å². The molecule has 2 aliphatic rings. The minimum atomic E-state index is -4.09. The number of carbonyl (C=O) groups excluding carboxylic acids is 1. The van der Waals surface area contributed by atoms with E-state index in [1.54, 1.807) is 48.5 Å². The van der Waals surface area contributed by atoms with Crippen molar-refractivity contribution in [3.63, 3.8) is 0 Å². The second kappa shape index (κ2) is 11.7. The Morgan fingerprint density at radius 3 is 1.77 bits per heavy atom. The van der Waals surface area contributed by atoms with E-state index in [1.165, 1.54) is 8.61 Å². The summed E-state index contributed by atoms with van der Waals surface area (Å²) in [4.78, 5) is 14.2. The fourth-order valence-electron chi connectivity index (χ4n) is 6.32. The van der Waals surface area contributed by atoms with Crippen LogP contribution in [0.15, 0.2) is 123 Å². The maximum absolute atomic E-state index is 14.5. The van der Waals surface area contributed by atoms with Gasteiger partial charge in [0.1, 0.15) is 5.78 Å². The van der Waals surface area contributed by atoms with Crippen molar-refractivity contribution in [2.75, 3.05) is 6.54 Å². The molecule has 222 valence electrons. The van der Waals surface area contributed by atoms with E-state index in [0.29, 0.717) is 0 Å². The van der Waals surface area contributed by atoms with Gasteiger partial charge in [0.05, 0.1) is 21.9 Å². The van der Waals surface area contributed by atoms with E-state index in [4.69, 9.17) is 0 Å². The third-order valence-corrected chi connectivity index (χ3v) is 12.8. The number of nitrogens with zero attached hydrogens (tertiary/aromatic N) is 2. The predicted octanol–water partition coefficient (Wildman–Crippen LogP) is 6.28. The van der Waals surface area contributed by atoms with Crippen molar-refractivity contribution >= 4 is 41.8 Å². The van der Waals surface area contributed by atoms with E-state index >= 15 is 0 Å². The average molecular weight is 680 g/mol. The Morgan fingerprint density at radius 1 is 0.674 bits per heavy atom. The third-order valence-electron chi connectivity index (χ3n) is 8.48. The summed E-state index contributed by atoms with van der Waals surface area (Å²) in [6.07, 6.45) is 0.0833. The van der Waals surface area contributed by atoms with Crippen LogP contribution in [-0.2, 0) is 24.8 Å². The first-order chi connectivity index (χ1) is 20.6. The second-order valence-electron chi connectivity index (χ2n) is 11.1. The highest BCUT2D eigenvalue weighted by atomic mass is 79.9. The zero-order valence-electron chi connectivity index (χ0n) is 23.5. The molecule has 2 saturated heterocycles. The molecule has 0 N–H and O–H groups in total. The van der Waals surface area contributed by atoms with Crippen LogP contribution in [0.25, 0.3) is 0 Å². The van der Waals surface area contributed by atoms with Crippen molar-refractivity contribution in [1.82, 2.24) is 8.61 Å². The molecule has 7 nitrogen and oxygen atoms in total. The highest BCUT2D eigenvalue weighted by Gasteiger charge is 2.54. The Morgan fingerprint density at radius 2 is 1.19 bits per heavy atom. The zero-order valence-corrected chi connectivity index (χ0v) is 26.7. The van der Waals surface area contributed by atoms with Crippen LogP contribution >= 0.6 is 15.9 Å². The number of Topliss-reactive ketones (excluding diaryl/α,β-unsaturated/α-hetero) is 1. The monoisotopic (exact) mass is 678 g/mol. The van der Waals surface area contributed by atoms with E-state index in [2.05, 4.69) is 15.9 Å². The summed E-state index contributed by atoms with van der Waals surface area (Å²) in [5.74, 6) is -0.970. The first-order valence-corrected chi connectivity index (χ1v) is 17.7. The highest BCUT2D eigenvalue weighted by Crippen LogP contribution is 2.48. The zero-order chi connectivity index (χ0) is 30.4. The molecule has 0 bridgehead atoms. The number of fused-ring (bicyclic) bond motifs is 1. The lowest BCUT2D eigenvalue weighted by atomic mass is 9.77. The Labute approximate surface area is 261 Å². The number of sulfonamides is 2. The number of halogens is 1. The molecule has 43 heavy (non-hydrogen) atoms. The van der Waals surface area contributed by atoms with Gasteiger partial charge in [0.25, 0.3) is 0 Å². The number of benzene rings is 4. The van der Waals surface area contributed by atoms with Gasteiger partial charge in [-0.25, -0.2) is 16.8 Å². The van der Waals surface area contributed by atoms with E-state index in [-0.39, 0.29) is 35.0 Å². The number of aryl methyl sites for hydroxylation is 1. The van der Waals surface area contributed by atoms with Crippen LogP contribution in [0, 0.1) is 12.8 Å². The highest BCUT2D eigenvalue weighted by molar-refractivity contribution is 9.10. The molecule has 0 aliphatic carbocycles. The lowest BCUT2D eigenvalue weighted by Crippen LogP contribution is -2.60. The molecule has 6 rings (SSSR count). The molecule has 4 unspecified atom stereocenters. The lowest BCUT2D eigenvalue weighted by Gasteiger charge is -2.51. The summed E-state index contributed by atoms with van der Waals surface area (Å²) in [6.45, 7) is 1.77. The third kappa shape index (κ3) is 5.62. The standard InChI is InChI=1S/C33H31BrN2O5S2/c1-23-12-16-27(17-13-23)42(38,39)35-22-29-32(20-30(35)24-8-4-2-5-9-24)36(43(40,41)28-18-14-26(34)15-19-28)31(21-33(29)37)25-10-6-3-7-11-25/h2-19,29-32H,20-22H2,1H3. The average Bonchev–Trinajstić information content (AvgIpc) is 3.01. The fourth-order valence-corrected chi connectivity index (χ4v) is 10.1. The Bertz CT molecular complexity index is 1830. The maximum Gasteiger partial charge on any atom is 0.243 e. The Kier molecular flexibility index (Phi) is 8.16. The van der Waals surface area contributed by atoms with E-state index in [9.17, 15) is 21.6 Å². The minimum Gasteiger partial charge on any atom is -0.299 e. The Balaban J connectivity index is 1.50. The molecule has 4 atom stereocenters. The molecule has 10 heteroatoms. The Hall–Kier alpha value is -3.15. The van der Waals surface area contributed by atoms with Gasteiger partial charge >= 0.3 is 0 Å². The molecular weight excluding hydrogens is 648 g/mol. The summed E-state index contributed by atoms with van der Waals surface area (Å²) in [5.41, 5.74) is 2.40. The fraction of sp³-hybridized carbons (Fsp3) is 0.242. The van der Waals surface area contributed by atoms with Crippen LogP contribution in [0.1, 0.15) is 41.6 Å².